The molecule has 0 saturated carbocycles. The van der Waals surface area contributed by atoms with Gasteiger partial charge in [-0.3, -0.25) is 9.69 Å². The lowest BCUT2D eigenvalue weighted by Gasteiger charge is -2.32. The van der Waals surface area contributed by atoms with Crippen molar-refractivity contribution in [2.75, 3.05) is 30.4 Å². The summed E-state index contributed by atoms with van der Waals surface area (Å²) in [5.74, 6) is -1.62. The number of hydrogen-bond acceptors (Lipinski definition) is 3. The minimum absolute atomic E-state index is 0.140. The van der Waals surface area contributed by atoms with Crippen LogP contribution in [0, 0.1) is 11.6 Å². The Labute approximate surface area is 165 Å². The van der Waals surface area contributed by atoms with Crippen LogP contribution in [0.15, 0.2) is 42.5 Å². The molecule has 1 saturated heterocycles. The summed E-state index contributed by atoms with van der Waals surface area (Å²) in [6.45, 7) is 4.45. The number of para-hydroxylation sites is 1. The molecule has 1 fully saturated rings. The summed E-state index contributed by atoms with van der Waals surface area (Å²) < 4.78 is 27.1. The highest BCUT2D eigenvalue weighted by Crippen LogP contribution is 2.25. The van der Waals surface area contributed by atoms with Gasteiger partial charge in [0.15, 0.2) is 0 Å². The zero-order chi connectivity index (χ0) is 20.1. The molecule has 0 radical (unpaired) electrons. The maximum absolute atomic E-state index is 13.8. The average molecular weight is 387 g/mol. The van der Waals surface area contributed by atoms with E-state index in [1.807, 2.05) is 24.1 Å². The number of nitrogens with one attached hydrogen (secondary N) is 1. The predicted molar refractivity (Wildman–Crippen MR) is 108 cm³/mol. The third kappa shape index (κ3) is 4.87. The van der Waals surface area contributed by atoms with Gasteiger partial charge in [0.05, 0.1) is 11.7 Å². The SMILES string of the molecule is CC(C(=O)Nc1cc(F)ccc1F)N(C)Cc1ccccc1N1CCCCC1. The first-order valence-corrected chi connectivity index (χ1v) is 9.74. The second-order valence-corrected chi connectivity index (χ2v) is 7.38. The van der Waals surface area contributed by atoms with Crippen molar-refractivity contribution >= 4 is 17.3 Å². The average Bonchev–Trinajstić information content (AvgIpc) is 2.71. The molecule has 0 spiro atoms. The van der Waals surface area contributed by atoms with Gasteiger partial charge < -0.3 is 10.2 Å². The van der Waals surface area contributed by atoms with Gasteiger partial charge in [-0.15, -0.1) is 0 Å². The molecule has 1 atom stereocenters. The molecule has 1 amide bonds. The molecular formula is C22H27F2N3O. The van der Waals surface area contributed by atoms with E-state index in [1.54, 1.807) is 6.92 Å². The van der Waals surface area contributed by atoms with Crippen LogP contribution in [0.1, 0.15) is 31.7 Å². The van der Waals surface area contributed by atoms with Crippen LogP contribution < -0.4 is 10.2 Å². The maximum Gasteiger partial charge on any atom is 0.241 e. The third-order valence-electron chi connectivity index (χ3n) is 5.33. The summed E-state index contributed by atoms with van der Waals surface area (Å²) in [5, 5.41) is 2.49. The van der Waals surface area contributed by atoms with Crippen molar-refractivity contribution in [3.8, 4) is 0 Å². The van der Waals surface area contributed by atoms with Crippen LogP contribution in [0.4, 0.5) is 20.2 Å². The van der Waals surface area contributed by atoms with E-state index >= 15 is 0 Å². The van der Waals surface area contributed by atoms with Crippen LogP contribution in [0.25, 0.3) is 0 Å². The Balaban J connectivity index is 1.68. The van der Waals surface area contributed by atoms with Crippen molar-refractivity contribution in [1.29, 1.82) is 0 Å². The van der Waals surface area contributed by atoms with Crippen LogP contribution in [-0.4, -0.2) is 37.0 Å². The number of anilines is 2. The van der Waals surface area contributed by atoms with Gasteiger partial charge in [0.1, 0.15) is 11.6 Å². The van der Waals surface area contributed by atoms with Gasteiger partial charge in [-0.05, 0) is 57.0 Å². The second kappa shape index (κ2) is 9.15. The molecule has 0 aliphatic carbocycles. The summed E-state index contributed by atoms with van der Waals surface area (Å²) in [6, 6.07) is 10.8. The topological polar surface area (TPSA) is 35.6 Å². The molecule has 1 unspecified atom stereocenters. The number of nitrogens with zero attached hydrogens (tertiary/aromatic N) is 2. The molecule has 1 N–H and O–H groups in total. The Bertz CT molecular complexity index is 821. The molecule has 150 valence electrons. The lowest BCUT2D eigenvalue weighted by atomic mass is 10.1. The van der Waals surface area contributed by atoms with Crippen molar-refractivity contribution in [3.63, 3.8) is 0 Å². The van der Waals surface area contributed by atoms with Gasteiger partial charge in [-0.1, -0.05) is 18.2 Å². The minimum Gasteiger partial charge on any atom is -0.371 e. The van der Waals surface area contributed by atoms with Gasteiger partial charge >= 0.3 is 0 Å². The lowest BCUT2D eigenvalue weighted by molar-refractivity contribution is -0.120. The quantitative estimate of drug-likeness (QED) is 0.797. The summed E-state index contributed by atoms with van der Waals surface area (Å²) in [5.41, 5.74) is 2.22. The molecule has 1 aliphatic rings. The Kier molecular flexibility index (Phi) is 6.62. The number of benzene rings is 2. The molecular weight excluding hydrogens is 360 g/mol. The fraction of sp³-hybridized carbons (Fsp3) is 0.409. The van der Waals surface area contributed by atoms with Gasteiger partial charge in [-0.2, -0.15) is 0 Å². The van der Waals surface area contributed by atoms with E-state index < -0.39 is 17.7 Å². The van der Waals surface area contributed by atoms with E-state index in [1.165, 1.54) is 24.9 Å². The van der Waals surface area contributed by atoms with Crippen LogP contribution in [0.3, 0.4) is 0 Å². The third-order valence-corrected chi connectivity index (χ3v) is 5.33. The van der Waals surface area contributed by atoms with Crippen LogP contribution in [0.2, 0.25) is 0 Å². The highest BCUT2D eigenvalue weighted by atomic mass is 19.1. The molecule has 1 aliphatic heterocycles. The van der Waals surface area contributed by atoms with E-state index in [4.69, 9.17) is 0 Å². The van der Waals surface area contributed by atoms with Crippen LogP contribution in [-0.2, 0) is 11.3 Å². The fourth-order valence-corrected chi connectivity index (χ4v) is 3.52. The molecule has 6 heteroatoms. The van der Waals surface area contributed by atoms with Crippen molar-refractivity contribution in [2.45, 2.75) is 38.8 Å². The number of carbonyl (C=O) groups excluding carboxylic acids is 1. The highest BCUT2D eigenvalue weighted by Gasteiger charge is 2.22. The lowest BCUT2D eigenvalue weighted by Crippen LogP contribution is -2.40. The number of hydrogen-bond donors (Lipinski definition) is 1. The number of piperidine rings is 1. The predicted octanol–water partition coefficient (Wildman–Crippen LogP) is 4.41. The Morgan fingerprint density at radius 3 is 2.61 bits per heavy atom. The molecule has 0 aromatic heterocycles. The standard InChI is InChI=1S/C22H27F2N3O/c1-16(22(28)25-20-14-18(23)10-11-19(20)24)26(2)15-17-8-4-5-9-21(17)27-12-6-3-7-13-27/h4-5,8-11,14,16H,3,6-7,12-13,15H2,1-2H3,(H,25,28). The normalized spacial score (nSPS) is 15.5. The zero-order valence-corrected chi connectivity index (χ0v) is 16.4. The van der Waals surface area contributed by atoms with Crippen LogP contribution >= 0.6 is 0 Å². The van der Waals surface area contributed by atoms with Crippen molar-refractivity contribution in [1.82, 2.24) is 4.90 Å². The number of halogens is 2. The smallest absolute Gasteiger partial charge is 0.241 e. The first kappa shape index (κ1) is 20.3. The Morgan fingerprint density at radius 1 is 1.14 bits per heavy atom. The maximum atomic E-state index is 13.8. The van der Waals surface area contributed by atoms with E-state index in [-0.39, 0.29) is 11.6 Å². The molecule has 3 rings (SSSR count). The molecule has 28 heavy (non-hydrogen) atoms. The zero-order valence-electron chi connectivity index (χ0n) is 16.4. The van der Waals surface area contributed by atoms with Crippen molar-refractivity contribution < 1.29 is 13.6 Å². The van der Waals surface area contributed by atoms with Crippen molar-refractivity contribution in [2.24, 2.45) is 0 Å². The summed E-state index contributed by atoms with van der Waals surface area (Å²) in [4.78, 5) is 16.9. The molecule has 1 heterocycles. The summed E-state index contributed by atoms with van der Waals surface area (Å²) >= 11 is 0. The van der Waals surface area contributed by atoms with E-state index in [0.717, 1.165) is 36.9 Å². The van der Waals surface area contributed by atoms with E-state index in [9.17, 15) is 13.6 Å². The molecule has 4 nitrogen and oxygen atoms in total. The highest BCUT2D eigenvalue weighted by molar-refractivity contribution is 5.94. The number of likely N-dealkylation sites (N-methyl/N-ethyl adjacent to an activating group) is 1. The fourth-order valence-electron chi connectivity index (χ4n) is 3.52. The van der Waals surface area contributed by atoms with Crippen molar-refractivity contribution in [3.05, 3.63) is 59.7 Å². The van der Waals surface area contributed by atoms with Crippen LogP contribution in [0.5, 0.6) is 0 Å². The van der Waals surface area contributed by atoms with Gasteiger partial charge in [0.2, 0.25) is 5.91 Å². The van der Waals surface area contributed by atoms with E-state index in [2.05, 4.69) is 22.3 Å². The van der Waals surface area contributed by atoms with Gasteiger partial charge in [0.25, 0.3) is 0 Å². The summed E-state index contributed by atoms with van der Waals surface area (Å²) in [6.07, 6.45) is 3.66. The summed E-state index contributed by atoms with van der Waals surface area (Å²) in [7, 11) is 1.86. The molecule has 0 bridgehead atoms. The monoisotopic (exact) mass is 387 g/mol. The number of amides is 1. The Morgan fingerprint density at radius 2 is 1.86 bits per heavy atom. The number of carbonyl (C=O) groups is 1. The minimum atomic E-state index is -0.653. The van der Waals surface area contributed by atoms with E-state index in [0.29, 0.717) is 6.54 Å². The molecule has 2 aromatic rings. The first-order chi connectivity index (χ1) is 13.5. The van der Waals surface area contributed by atoms with Gasteiger partial charge in [-0.25, -0.2) is 8.78 Å². The second-order valence-electron chi connectivity index (χ2n) is 7.38. The largest absolute Gasteiger partial charge is 0.371 e. The number of rotatable bonds is 6. The first-order valence-electron chi connectivity index (χ1n) is 9.74. The van der Waals surface area contributed by atoms with Gasteiger partial charge in [0, 0.05) is 31.4 Å². The molecule has 2 aromatic carbocycles. The Hall–Kier alpha value is -2.47.